The van der Waals surface area contributed by atoms with Crippen molar-refractivity contribution < 1.29 is 0 Å². The topological polar surface area (TPSA) is 0 Å². The van der Waals surface area contributed by atoms with E-state index in [9.17, 15) is 0 Å². The highest BCUT2D eigenvalue weighted by Crippen LogP contribution is 2.57. The lowest BCUT2D eigenvalue weighted by Gasteiger charge is -2.25. The second-order valence-electron chi connectivity index (χ2n) is 14.8. The van der Waals surface area contributed by atoms with Gasteiger partial charge in [0.05, 0.1) is 0 Å². The van der Waals surface area contributed by atoms with Crippen LogP contribution >= 0.6 is 11.3 Å². The highest BCUT2D eigenvalue weighted by Gasteiger charge is 2.39. The number of hydrogen-bond donors (Lipinski definition) is 0. The third-order valence-corrected chi connectivity index (χ3v) is 12.8. The zero-order chi connectivity index (χ0) is 34.6. The van der Waals surface area contributed by atoms with E-state index in [4.69, 9.17) is 0 Å². The molecule has 0 bridgehead atoms. The SMILES string of the molecule is CC1(C)c2ccccc2-c2c1c(-c1ccc(-c3c4ccccc4c(-c4ccccc4)c4ccccc34)cc1)cc1sc3c4ccccc4ccc3c21. The third kappa shape index (κ3) is 4.09. The van der Waals surface area contributed by atoms with E-state index < -0.39 is 0 Å². The van der Waals surface area contributed by atoms with Gasteiger partial charge in [0.1, 0.15) is 0 Å². The molecule has 9 aromatic carbocycles. The van der Waals surface area contributed by atoms with Gasteiger partial charge in [-0.3, -0.25) is 0 Å². The van der Waals surface area contributed by atoms with Crippen LogP contribution in [0.25, 0.3) is 97.0 Å². The van der Waals surface area contributed by atoms with Gasteiger partial charge >= 0.3 is 0 Å². The molecule has 0 aliphatic heterocycles. The summed E-state index contributed by atoms with van der Waals surface area (Å²) in [5.74, 6) is 0. The molecule has 244 valence electrons. The first-order valence-corrected chi connectivity index (χ1v) is 19.0. The summed E-state index contributed by atoms with van der Waals surface area (Å²) in [7, 11) is 0. The predicted octanol–water partition coefficient (Wildman–Crippen LogP) is 14.8. The van der Waals surface area contributed by atoms with E-state index in [-0.39, 0.29) is 5.41 Å². The Morgan fingerprint density at radius 3 is 1.62 bits per heavy atom. The lowest BCUT2D eigenvalue weighted by atomic mass is 9.78. The van der Waals surface area contributed by atoms with Crippen LogP contribution < -0.4 is 0 Å². The second kappa shape index (κ2) is 11.0. The van der Waals surface area contributed by atoms with Crippen LogP contribution in [0.4, 0.5) is 0 Å². The molecule has 0 atom stereocenters. The van der Waals surface area contributed by atoms with Gasteiger partial charge in [0, 0.05) is 25.6 Å². The Morgan fingerprint density at radius 2 is 0.942 bits per heavy atom. The molecule has 0 fully saturated rings. The van der Waals surface area contributed by atoms with Crippen LogP contribution in [-0.2, 0) is 5.41 Å². The van der Waals surface area contributed by atoms with Crippen LogP contribution in [0, 0.1) is 0 Å². The first-order chi connectivity index (χ1) is 25.6. The van der Waals surface area contributed by atoms with Gasteiger partial charge in [0.25, 0.3) is 0 Å². The molecule has 0 amide bonds. The number of hydrogen-bond acceptors (Lipinski definition) is 1. The molecule has 0 spiro atoms. The molecule has 0 saturated heterocycles. The molecular formula is C51H34S. The van der Waals surface area contributed by atoms with Crippen molar-refractivity contribution in [1.29, 1.82) is 0 Å². The lowest BCUT2D eigenvalue weighted by molar-refractivity contribution is 0.662. The van der Waals surface area contributed by atoms with E-state index in [1.165, 1.54) is 108 Å². The van der Waals surface area contributed by atoms with E-state index in [2.05, 4.69) is 184 Å². The van der Waals surface area contributed by atoms with Gasteiger partial charge in [-0.25, -0.2) is 0 Å². The molecule has 11 rings (SSSR count). The van der Waals surface area contributed by atoms with Gasteiger partial charge in [-0.2, -0.15) is 0 Å². The van der Waals surface area contributed by atoms with Crippen molar-refractivity contribution in [3.05, 3.63) is 181 Å². The molecule has 0 radical (unpaired) electrons. The zero-order valence-electron chi connectivity index (χ0n) is 29.1. The fraction of sp³-hybridized carbons (Fsp3) is 0.0588. The minimum atomic E-state index is -0.140. The van der Waals surface area contributed by atoms with Crippen LogP contribution in [0.1, 0.15) is 25.0 Å². The molecule has 1 aromatic heterocycles. The van der Waals surface area contributed by atoms with Gasteiger partial charge < -0.3 is 0 Å². The van der Waals surface area contributed by atoms with E-state index in [1.807, 2.05) is 11.3 Å². The number of benzene rings is 9. The average Bonchev–Trinajstić information content (AvgIpc) is 3.69. The molecule has 10 aromatic rings. The quantitative estimate of drug-likeness (QED) is 0.163. The maximum absolute atomic E-state index is 2.50. The van der Waals surface area contributed by atoms with Crippen molar-refractivity contribution in [3.8, 4) is 44.5 Å². The average molecular weight is 679 g/mol. The molecular weight excluding hydrogens is 645 g/mol. The van der Waals surface area contributed by atoms with Crippen LogP contribution in [0.15, 0.2) is 170 Å². The Morgan fingerprint density at radius 1 is 0.404 bits per heavy atom. The second-order valence-corrected chi connectivity index (χ2v) is 15.8. The van der Waals surface area contributed by atoms with Gasteiger partial charge in [0.15, 0.2) is 0 Å². The Kier molecular flexibility index (Phi) is 6.27. The minimum Gasteiger partial charge on any atom is -0.134 e. The molecule has 0 unspecified atom stereocenters. The first-order valence-electron chi connectivity index (χ1n) is 18.2. The summed E-state index contributed by atoms with van der Waals surface area (Å²) < 4.78 is 2.73. The minimum absolute atomic E-state index is 0.140. The smallest absolute Gasteiger partial charge is 0.0434 e. The molecule has 1 aliphatic carbocycles. The molecule has 0 saturated carbocycles. The number of thiophene rings is 1. The van der Waals surface area contributed by atoms with Crippen LogP contribution in [0.3, 0.4) is 0 Å². The van der Waals surface area contributed by atoms with Crippen molar-refractivity contribution in [2.45, 2.75) is 19.3 Å². The molecule has 1 heteroatoms. The largest absolute Gasteiger partial charge is 0.134 e. The highest BCUT2D eigenvalue weighted by atomic mass is 32.1. The van der Waals surface area contributed by atoms with Crippen LogP contribution in [0.5, 0.6) is 0 Å². The maximum atomic E-state index is 2.50. The summed E-state index contributed by atoms with van der Waals surface area (Å²) in [5, 5.41) is 10.5. The van der Waals surface area contributed by atoms with Crippen molar-refractivity contribution >= 4 is 63.8 Å². The predicted molar refractivity (Wildman–Crippen MR) is 226 cm³/mol. The Bertz CT molecular complexity index is 3010. The fourth-order valence-electron chi connectivity index (χ4n) is 9.36. The summed E-state index contributed by atoms with van der Waals surface area (Å²) in [5.41, 5.74) is 13.2. The molecule has 0 nitrogen and oxygen atoms in total. The maximum Gasteiger partial charge on any atom is 0.0434 e. The molecule has 1 aliphatic rings. The first kappa shape index (κ1) is 29.7. The van der Waals surface area contributed by atoms with Crippen LogP contribution in [-0.4, -0.2) is 0 Å². The summed E-state index contributed by atoms with van der Waals surface area (Å²) in [6.45, 7) is 4.83. The lowest BCUT2D eigenvalue weighted by Crippen LogP contribution is -2.16. The van der Waals surface area contributed by atoms with Crippen molar-refractivity contribution in [1.82, 2.24) is 0 Å². The number of rotatable bonds is 3. The van der Waals surface area contributed by atoms with E-state index >= 15 is 0 Å². The van der Waals surface area contributed by atoms with Gasteiger partial charge in [-0.05, 0) is 94.0 Å². The van der Waals surface area contributed by atoms with E-state index in [0.29, 0.717) is 0 Å². The Balaban J connectivity index is 1.16. The zero-order valence-corrected chi connectivity index (χ0v) is 29.9. The van der Waals surface area contributed by atoms with Crippen molar-refractivity contribution in [2.75, 3.05) is 0 Å². The standard InChI is InChI=1S/C51H34S/c1-51(2)43-23-13-12-22-40(43)48-47-41-29-28-31-14-6-7-17-35(31)50(41)52-44(47)30-42(49(48)51)32-24-26-34(27-25-32)46-38-20-10-8-18-36(38)45(33-15-4-3-5-16-33)37-19-9-11-21-39(37)46/h3-30H,1-2H3. The van der Waals surface area contributed by atoms with Crippen molar-refractivity contribution in [3.63, 3.8) is 0 Å². The number of fused-ring (bicyclic) bond motifs is 11. The molecule has 0 N–H and O–H groups in total. The summed E-state index contributed by atoms with van der Waals surface area (Å²) >= 11 is 1.94. The fourth-order valence-corrected chi connectivity index (χ4v) is 10.7. The van der Waals surface area contributed by atoms with Crippen molar-refractivity contribution in [2.24, 2.45) is 0 Å². The van der Waals surface area contributed by atoms with Gasteiger partial charge in [-0.1, -0.05) is 178 Å². The van der Waals surface area contributed by atoms with Gasteiger partial charge in [-0.15, -0.1) is 11.3 Å². The highest BCUT2D eigenvalue weighted by molar-refractivity contribution is 7.26. The van der Waals surface area contributed by atoms with E-state index in [1.54, 1.807) is 0 Å². The normalized spacial score (nSPS) is 13.3. The van der Waals surface area contributed by atoms with E-state index in [0.717, 1.165) is 0 Å². The van der Waals surface area contributed by atoms with Gasteiger partial charge in [0.2, 0.25) is 0 Å². The van der Waals surface area contributed by atoms with Crippen LogP contribution in [0.2, 0.25) is 0 Å². The molecule has 52 heavy (non-hydrogen) atoms. The monoisotopic (exact) mass is 678 g/mol. The summed E-state index contributed by atoms with van der Waals surface area (Å²) in [6.07, 6.45) is 0. The molecule has 1 heterocycles. The summed E-state index contributed by atoms with van der Waals surface area (Å²) in [6, 6.07) is 63.2. The third-order valence-electron chi connectivity index (χ3n) is 11.6. The Hall–Kier alpha value is -6.02. The summed E-state index contributed by atoms with van der Waals surface area (Å²) in [4.78, 5) is 0. The Labute approximate surface area is 307 Å².